The van der Waals surface area contributed by atoms with Crippen molar-refractivity contribution in [1.29, 1.82) is 0 Å². The Labute approximate surface area is 96.1 Å². The van der Waals surface area contributed by atoms with Crippen molar-refractivity contribution in [2.45, 2.75) is 39.4 Å². The number of hydrogen-bond donors (Lipinski definition) is 1. The van der Waals surface area contributed by atoms with Gasteiger partial charge in [0.25, 0.3) is 0 Å². The molecule has 90 valence electrons. The Hall–Kier alpha value is -0.930. The summed E-state index contributed by atoms with van der Waals surface area (Å²) in [7, 11) is 0. The van der Waals surface area contributed by atoms with E-state index in [2.05, 4.69) is 0 Å². The molecule has 0 saturated carbocycles. The monoisotopic (exact) mass is 226 g/mol. The summed E-state index contributed by atoms with van der Waals surface area (Å²) in [6.45, 7) is 7.78. The molecule has 0 aliphatic rings. The Morgan fingerprint density at radius 3 is 2.50 bits per heavy atom. The summed E-state index contributed by atoms with van der Waals surface area (Å²) in [6, 6.07) is 4.36. The van der Waals surface area contributed by atoms with Crippen molar-refractivity contribution in [3.05, 3.63) is 35.1 Å². The molecule has 1 atom stereocenters. The van der Waals surface area contributed by atoms with Crippen LogP contribution in [0.2, 0.25) is 0 Å². The highest BCUT2D eigenvalue weighted by atomic mass is 19.1. The van der Waals surface area contributed by atoms with Crippen LogP contribution < -0.4 is 0 Å². The largest absolute Gasteiger partial charge is 0.386 e. The Morgan fingerprint density at radius 1 is 1.38 bits per heavy atom. The highest BCUT2D eigenvalue weighted by Gasteiger charge is 2.16. The second kappa shape index (κ2) is 4.93. The fourth-order valence-electron chi connectivity index (χ4n) is 1.43. The van der Waals surface area contributed by atoms with Gasteiger partial charge in [0.1, 0.15) is 11.9 Å². The smallest absolute Gasteiger partial charge is 0.123 e. The van der Waals surface area contributed by atoms with Crippen LogP contribution in [0.25, 0.3) is 0 Å². The minimum absolute atomic E-state index is 0.218. The summed E-state index contributed by atoms with van der Waals surface area (Å²) in [4.78, 5) is 0. The van der Waals surface area contributed by atoms with Gasteiger partial charge in [-0.15, -0.1) is 0 Å². The zero-order valence-electron chi connectivity index (χ0n) is 10.2. The highest BCUT2D eigenvalue weighted by Crippen LogP contribution is 2.20. The molecule has 0 spiro atoms. The second-order valence-corrected chi connectivity index (χ2v) is 4.94. The molecule has 0 radical (unpaired) electrons. The predicted octanol–water partition coefficient (Wildman–Crippen LogP) is 2.98. The first-order chi connectivity index (χ1) is 7.29. The number of aliphatic hydroxyl groups excluding tert-OH is 1. The summed E-state index contributed by atoms with van der Waals surface area (Å²) in [5, 5.41) is 9.91. The number of hydrogen-bond acceptors (Lipinski definition) is 2. The molecule has 3 heteroatoms. The molecule has 1 aromatic rings. The first-order valence-corrected chi connectivity index (χ1v) is 5.37. The zero-order chi connectivity index (χ0) is 12.3. The van der Waals surface area contributed by atoms with E-state index in [-0.39, 0.29) is 18.0 Å². The molecule has 1 unspecified atom stereocenters. The molecule has 1 rings (SSSR count). The van der Waals surface area contributed by atoms with Crippen molar-refractivity contribution in [3.63, 3.8) is 0 Å². The fourth-order valence-corrected chi connectivity index (χ4v) is 1.43. The van der Waals surface area contributed by atoms with E-state index in [1.165, 1.54) is 12.1 Å². The molecule has 0 aliphatic heterocycles. The average Bonchev–Trinajstić information content (AvgIpc) is 2.13. The molecular weight excluding hydrogens is 207 g/mol. The maximum Gasteiger partial charge on any atom is 0.123 e. The SMILES string of the molecule is Cc1cc(F)ccc1C(O)COC(C)(C)C. The average molecular weight is 226 g/mol. The van der Waals surface area contributed by atoms with Crippen molar-refractivity contribution < 1.29 is 14.2 Å². The van der Waals surface area contributed by atoms with E-state index >= 15 is 0 Å². The number of rotatable bonds is 3. The van der Waals surface area contributed by atoms with Crippen molar-refractivity contribution >= 4 is 0 Å². The van der Waals surface area contributed by atoms with Gasteiger partial charge in [-0.25, -0.2) is 4.39 Å². The molecule has 0 aromatic heterocycles. The zero-order valence-corrected chi connectivity index (χ0v) is 10.2. The normalized spacial score (nSPS) is 13.9. The number of benzene rings is 1. The Morgan fingerprint density at radius 2 is 2.00 bits per heavy atom. The topological polar surface area (TPSA) is 29.5 Å². The maximum atomic E-state index is 12.9. The molecule has 0 heterocycles. The molecule has 16 heavy (non-hydrogen) atoms. The first kappa shape index (κ1) is 13.1. The third-order valence-electron chi connectivity index (χ3n) is 2.27. The summed E-state index contributed by atoms with van der Waals surface area (Å²) < 4.78 is 18.4. The molecule has 2 nitrogen and oxygen atoms in total. The summed E-state index contributed by atoms with van der Waals surface area (Å²) >= 11 is 0. The van der Waals surface area contributed by atoms with Gasteiger partial charge < -0.3 is 9.84 Å². The molecule has 0 saturated heterocycles. The van der Waals surface area contributed by atoms with Crippen molar-refractivity contribution in [3.8, 4) is 0 Å². The Balaban J connectivity index is 2.70. The van der Waals surface area contributed by atoms with Crippen LogP contribution in [0.1, 0.15) is 38.0 Å². The quantitative estimate of drug-likeness (QED) is 0.858. The Bertz CT molecular complexity index is 355. The van der Waals surface area contributed by atoms with E-state index in [1.807, 2.05) is 20.8 Å². The van der Waals surface area contributed by atoms with Crippen LogP contribution in [-0.2, 0) is 4.74 Å². The number of aryl methyl sites for hydroxylation is 1. The summed E-state index contributed by atoms with van der Waals surface area (Å²) in [5.41, 5.74) is 1.17. The lowest BCUT2D eigenvalue weighted by atomic mass is 10.0. The first-order valence-electron chi connectivity index (χ1n) is 5.37. The molecule has 0 aliphatic carbocycles. The lowest BCUT2D eigenvalue weighted by Crippen LogP contribution is -2.23. The van der Waals surface area contributed by atoms with Crippen LogP contribution in [0, 0.1) is 12.7 Å². The van der Waals surface area contributed by atoms with Crippen LogP contribution in [-0.4, -0.2) is 17.3 Å². The number of aliphatic hydroxyl groups is 1. The van der Waals surface area contributed by atoms with Gasteiger partial charge in [0.15, 0.2) is 0 Å². The maximum absolute atomic E-state index is 12.9. The van der Waals surface area contributed by atoms with E-state index in [1.54, 1.807) is 13.0 Å². The van der Waals surface area contributed by atoms with Crippen molar-refractivity contribution in [1.82, 2.24) is 0 Å². The van der Waals surface area contributed by atoms with Gasteiger partial charge in [0.2, 0.25) is 0 Å². The van der Waals surface area contributed by atoms with Gasteiger partial charge >= 0.3 is 0 Å². The minimum Gasteiger partial charge on any atom is -0.386 e. The summed E-state index contributed by atoms with van der Waals surface area (Å²) in [6.07, 6.45) is -0.708. The fraction of sp³-hybridized carbons (Fsp3) is 0.538. The summed E-state index contributed by atoms with van der Waals surface area (Å²) in [5.74, 6) is -0.287. The standard InChI is InChI=1S/C13H19FO2/c1-9-7-10(14)5-6-11(9)12(15)8-16-13(2,3)4/h5-7,12,15H,8H2,1-4H3. The van der Waals surface area contributed by atoms with Gasteiger partial charge in [-0.2, -0.15) is 0 Å². The molecule has 1 aromatic carbocycles. The van der Waals surface area contributed by atoms with Crippen LogP contribution in [0.15, 0.2) is 18.2 Å². The van der Waals surface area contributed by atoms with E-state index in [9.17, 15) is 9.50 Å². The molecule has 0 fully saturated rings. The van der Waals surface area contributed by atoms with E-state index < -0.39 is 6.10 Å². The third kappa shape index (κ3) is 3.91. The highest BCUT2D eigenvalue weighted by molar-refractivity contribution is 5.28. The van der Waals surface area contributed by atoms with Crippen LogP contribution in [0.5, 0.6) is 0 Å². The lowest BCUT2D eigenvalue weighted by molar-refractivity contribution is -0.0497. The number of halogens is 1. The van der Waals surface area contributed by atoms with Crippen molar-refractivity contribution in [2.24, 2.45) is 0 Å². The molecule has 0 bridgehead atoms. The number of ether oxygens (including phenoxy) is 1. The minimum atomic E-state index is -0.708. The van der Waals surface area contributed by atoms with Crippen molar-refractivity contribution in [2.75, 3.05) is 6.61 Å². The van der Waals surface area contributed by atoms with Gasteiger partial charge in [0.05, 0.1) is 12.2 Å². The van der Waals surface area contributed by atoms with Crippen LogP contribution in [0.4, 0.5) is 4.39 Å². The molecule has 1 N–H and O–H groups in total. The van der Waals surface area contributed by atoms with Gasteiger partial charge in [0, 0.05) is 0 Å². The van der Waals surface area contributed by atoms with E-state index in [4.69, 9.17) is 4.74 Å². The predicted molar refractivity (Wildman–Crippen MR) is 61.8 cm³/mol. The van der Waals surface area contributed by atoms with Crippen LogP contribution >= 0.6 is 0 Å². The third-order valence-corrected chi connectivity index (χ3v) is 2.27. The molecular formula is C13H19FO2. The van der Waals surface area contributed by atoms with Gasteiger partial charge in [-0.05, 0) is 51.0 Å². The van der Waals surface area contributed by atoms with E-state index in [0.717, 1.165) is 5.56 Å². The lowest BCUT2D eigenvalue weighted by Gasteiger charge is -2.22. The van der Waals surface area contributed by atoms with Gasteiger partial charge in [-0.3, -0.25) is 0 Å². The second-order valence-electron chi connectivity index (χ2n) is 4.94. The molecule has 0 amide bonds. The Kier molecular flexibility index (Phi) is 4.05. The van der Waals surface area contributed by atoms with Crippen LogP contribution in [0.3, 0.4) is 0 Å². The van der Waals surface area contributed by atoms with E-state index in [0.29, 0.717) is 5.56 Å². The van der Waals surface area contributed by atoms with Gasteiger partial charge in [-0.1, -0.05) is 6.07 Å².